The number of methoxy groups -OCH3 is 3. The fourth-order valence-electron chi connectivity index (χ4n) is 2.77. The summed E-state index contributed by atoms with van der Waals surface area (Å²) in [6, 6.07) is 9.21. The van der Waals surface area contributed by atoms with E-state index in [0.29, 0.717) is 46.6 Å². The van der Waals surface area contributed by atoms with Crippen molar-refractivity contribution in [3.63, 3.8) is 0 Å². The molecule has 0 unspecified atom stereocenters. The van der Waals surface area contributed by atoms with E-state index in [2.05, 4.69) is 10.3 Å². The lowest BCUT2D eigenvalue weighted by Crippen LogP contribution is -2.12. The van der Waals surface area contributed by atoms with Crippen LogP contribution in [-0.2, 0) is 11.2 Å². The van der Waals surface area contributed by atoms with Gasteiger partial charge in [-0.3, -0.25) is 4.79 Å². The minimum Gasteiger partial charge on any atom is -0.493 e. The predicted octanol–water partition coefficient (Wildman–Crippen LogP) is 4.08. The standard InChI is InChI=1S/C21H21FN2O5/c1-26-16-10-15(11-17(27-2)21(16)28-3)24-19(25)8-9-20-23-12-18(29-20)13-4-6-14(22)7-5-13/h4-7,10-12H,8-9H2,1-3H3,(H,24,25). The first kappa shape index (κ1) is 20.2. The minimum absolute atomic E-state index is 0.167. The summed E-state index contributed by atoms with van der Waals surface area (Å²) in [5, 5.41) is 2.79. The maximum absolute atomic E-state index is 13.0. The molecule has 0 bridgehead atoms. The van der Waals surface area contributed by atoms with Gasteiger partial charge in [0.1, 0.15) is 5.82 Å². The first-order valence-corrected chi connectivity index (χ1v) is 8.84. The van der Waals surface area contributed by atoms with E-state index in [-0.39, 0.29) is 18.1 Å². The normalized spacial score (nSPS) is 10.5. The lowest BCUT2D eigenvalue weighted by molar-refractivity contribution is -0.116. The zero-order valence-electron chi connectivity index (χ0n) is 16.3. The minimum atomic E-state index is -0.322. The summed E-state index contributed by atoms with van der Waals surface area (Å²) < 4.78 is 34.5. The number of aryl methyl sites for hydroxylation is 1. The first-order valence-electron chi connectivity index (χ1n) is 8.84. The Morgan fingerprint density at radius 2 is 1.72 bits per heavy atom. The number of nitrogens with zero attached hydrogens (tertiary/aromatic N) is 1. The van der Waals surface area contributed by atoms with Crippen molar-refractivity contribution in [2.75, 3.05) is 26.6 Å². The van der Waals surface area contributed by atoms with Gasteiger partial charge >= 0.3 is 0 Å². The highest BCUT2D eigenvalue weighted by atomic mass is 19.1. The predicted molar refractivity (Wildman–Crippen MR) is 105 cm³/mol. The average Bonchev–Trinajstić information content (AvgIpc) is 3.21. The molecule has 0 aliphatic carbocycles. The Morgan fingerprint density at radius 3 is 2.31 bits per heavy atom. The summed E-state index contributed by atoms with van der Waals surface area (Å²) in [5.41, 5.74) is 1.23. The Morgan fingerprint density at radius 1 is 1.07 bits per heavy atom. The molecule has 0 spiro atoms. The molecule has 0 atom stereocenters. The average molecular weight is 400 g/mol. The van der Waals surface area contributed by atoms with Gasteiger partial charge in [-0.2, -0.15) is 0 Å². The zero-order chi connectivity index (χ0) is 20.8. The highest BCUT2D eigenvalue weighted by Crippen LogP contribution is 2.39. The van der Waals surface area contributed by atoms with Crippen LogP contribution in [0.25, 0.3) is 11.3 Å². The fraction of sp³-hybridized carbons (Fsp3) is 0.238. The van der Waals surface area contributed by atoms with Crippen LogP contribution in [0.5, 0.6) is 17.2 Å². The lowest BCUT2D eigenvalue weighted by Gasteiger charge is -2.14. The van der Waals surface area contributed by atoms with Crippen LogP contribution in [0.1, 0.15) is 12.3 Å². The van der Waals surface area contributed by atoms with E-state index in [4.69, 9.17) is 18.6 Å². The lowest BCUT2D eigenvalue weighted by atomic mass is 10.2. The third kappa shape index (κ3) is 4.84. The Hall–Kier alpha value is -3.55. The molecule has 0 radical (unpaired) electrons. The van der Waals surface area contributed by atoms with Crippen molar-refractivity contribution in [1.82, 2.24) is 4.98 Å². The molecule has 0 saturated heterocycles. The maximum Gasteiger partial charge on any atom is 0.224 e. The molecule has 2 aromatic carbocycles. The number of ether oxygens (including phenoxy) is 3. The van der Waals surface area contributed by atoms with Crippen LogP contribution in [0.2, 0.25) is 0 Å². The molecule has 0 fully saturated rings. The van der Waals surface area contributed by atoms with Crippen molar-refractivity contribution >= 4 is 11.6 Å². The van der Waals surface area contributed by atoms with E-state index in [0.717, 1.165) is 0 Å². The highest BCUT2D eigenvalue weighted by molar-refractivity contribution is 5.91. The van der Waals surface area contributed by atoms with E-state index in [1.54, 1.807) is 30.5 Å². The van der Waals surface area contributed by atoms with Crippen molar-refractivity contribution < 1.29 is 27.8 Å². The number of halogens is 1. The molecule has 0 aliphatic rings. The molecule has 1 aromatic heterocycles. The van der Waals surface area contributed by atoms with Crippen LogP contribution < -0.4 is 19.5 Å². The third-order valence-corrected chi connectivity index (χ3v) is 4.20. The van der Waals surface area contributed by atoms with Crippen LogP contribution in [0, 0.1) is 5.82 Å². The number of carbonyl (C=O) groups excluding carboxylic acids is 1. The smallest absolute Gasteiger partial charge is 0.224 e. The third-order valence-electron chi connectivity index (χ3n) is 4.20. The van der Waals surface area contributed by atoms with Crippen molar-refractivity contribution in [3.05, 3.63) is 54.3 Å². The number of aromatic nitrogens is 1. The number of anilines is 1. The van der Waals surface area contributed by atoms with Gasteiger partial charge in [-0.15, -0.1) is 0 Å². The molecule has 1 heterocycles. The summed E-state index contributed by atoms with van der Waals surface area (Å²) in [7, 11) is 4.52. The van der Waals surface area contributed by atoms with Crippen LogP contribution >= 0.6 is 0 Å². The summed E-state index contributed by atoms with van der Waals surface area (Å²) in [6.07, 6.45) is 2.04. The second-order valence-electron chi connectivity index (χ2n) is 6.09. The molecule has 152 valence electrons. The van der Waals surface area contributed by atoms with Crippen LogP contribution in [0.4, 0.5) is 10.1 Å². The molecule has 1 amide bonds. The van der Waals surface area contributed by atoms with Gasteiger partial charge in [0.05, 0.1) is 27.5 Å². The van der Waals surface area contributed by atoms with E-state index in [1.165, 1.54) is 33.5 Å². The second-order valence-corrected chi connectivity index (χ2v) is 6.09. The number of hydrogen-bond acceptors (Lipinski definition) is 6. The topological polar surface area (TPSA) is 82.8 Å². The molecular formula is C21H21FN2O5. The number of carbonyl (C=O) groups is 1. The Labute approximate surface area is 167 Å². The molecule has 29 heavy (non-hydrogen) atoms. The van der Waals surface area contributed by atoms with Gasteiger partial charge in [0.25, 0.3) is 0 Å². The number of benzene rings is 2. The number of amides is 1. The monoisotopic (exact) mass is 400 g/mol. The number of nitrogens with one attached hydrogen (secondary N) is 1. The molecular weight excluding hydrogens is 379 g/mol. The van der Waals surface area contributed by atoms with Crippen molar-refractivity contribution in [1.29, 1.82) is 0 Å². The van der Waals surface area contributed by atoms with E-state index in [1.807, 2.05) is 0 Å². The van der Waals surface area contributed by atoms with Crippen molar-refractivity contribution in [2.45, 2.75) is 12.8 Å². The molecule has 0 aliphatic heterocycles. The van der Waals surface area contributed by atoms with Crippen LogP contribution in [0.15, 0.2) is 47.0 Å². The molecule has 0 saturated carbocycles. The highest BCUT2D eigenvalue weighted by Gasteiger charge is 2.15. The van der Waals surface area contributed by atoms with Gasteiger partial charge in [0.2, 0.25) is 11.7 Å². The van der Waals surface area contributed by atoms with Crippen molar-refractivity contribution in [3.8, 4) is 28.6 Å². The number of hydrogen-bond donors (Lipinski definition) is 1. The first-order chi connectivity index (χ1) is 14.0. The zero-order valence-corrected chi connectivity index (χ0v) is 16.3. The van der Waals surface area contributed by atoms with Crippen molar-refractivity contribution in [2.24, 2.45) is 0 Å². The van der Waals surface area contributed by atoms with Gasteiger partial charge in [-0.05, 0) is 24.3 Å². The van der Waals surface area contributed by atoms with E-state index >= 15 is 0 Å². The Kier molecular flexibility index (Phi) is 6.33. The summed E-state index contributed by atoms with van der Waals surface area (Å²) in [6.45, 7) is 0. The second kappa shape index (κ2) is 9.09. The number of oxazole rings is 1. The summed E-state index contributed by atoms with van der Waals surface area (Å²) in [4.78, 5) is 16.5. The molecule has 8 heteroatoms. The van der Waals surface area contributed by atoms with E-state index in [9.17, 15) is 9.18 Å². The molecule has 3 aromatic rings. The number of rotatable bonds is 8. The van der Waals surface area contributed by atoms with E-state index < -0.39 is 0 Å². The SMILES string of the molecule is COc1cc(NC(=O)CCc2ncc(-c3ccc(F)cc3)o2)cc(OC)c1OC. The molecule has 1 N–H and O–H groups in total. The quantitative estimate of drug-likeness (QED) is 0.614. The Balaban J connectivity index is 1.62. The Bertz CT molecular complexity index is 960. The van der Waals surface area contributed by atoms with Gasteiger partial charge in [-0.25, -0.2) is 9.37 Å². The van der Waals surface area contributed by atoms with Crippen LogP contribution in [0.3, 0.4) is 0 Å². The van der Waals surface area contributed by atoms with Gasteiger partial charge in [-0.1, -0.05) is 0 Å². The van der Waals surface area contributed by atoms with Crippen LogP contribution in [-0.4, -0.2) is 32.2 Å². The summed E-state index contributed by atoms with van der Waals surface area (Å²) >= 11 is 0. The summed E-state index contributed by atoms with van der Waals surface area (Å²) in [5.74, 6) is 1.73. The maximum atomic E-state index is 13.0. The molecule has 7 nitrogen and oxygen atoms in total. The molecule has 3 rings (SSSR count). The van der Waals surface area contributed by atoms with Gasteiger partial charge < -0.3 is 23.9 Å². The fourth-order valence-corrected chi connectivity index (χ4v) is 2.77. The largest absolute Gasteiger partial charge is 0.493 e. The van der Waals surface area contributed by atoms with Gasteiger partial charge in [0, 0.05) is 36.2 Å². The van der Waals surface area contributed by atoms with Gasteiger partial charge in [0.15, 0.2) is 23.1 Å².